The molecule has 0 unspecified atom stereocenters. The molecule has 28 heavy (non-hydrogen) atoms. The summed E-state index contributed by atoms with van der Waals surface area (Å²) in [5.41, 5.74) is 1.03. The van der Waals surface area contributed by atoms with E-state index in [2.05, 4.69) is 40.4 Å². The van der Waals surface area contributed by atoms with Crippen LogP contribution in [0.15, 0.2) is 24.3 Å². The second-order valence-corrected chi connectivity index (χ2v) is 8.16. The minimum Gasteiger partial charge on any atom is -0.369 e. The molecule has 0 spiro atoms. The summed E-state index contributed by atoms with van der Waals surface area (Å²) in [4.78, 5) is 9.09. The molecule has 0 aliphatic heterocycles. The second kappa shape index (κ2) is 14.4. The molecule has 1 aromatic carbocycles. The smallest absolute Gasteiger partial charge is 0.137 e. The third-order valence-corrected chi connectivity index (χ3v) is 5.54. The highest BCUT2D eigenvalue weighted by atomic mass is 15.0. The Bertz CT molecular complexity index is 653. The van der Waals surface area contributed by atoms with Crippen LogP contribution in [0.4, 0.5) is 5.82 Å². The van der Waals surface area contributed by atoms with Crippen molar-refractivity contribution in [2.24, 2.45) is 0 Å². The number of nitrogens with zero attached hydrogens (tertiary/aromatic N) is 2. The number of para-hydroxylation sites is 1. The fourth-order valence-electron chi connectivity index (χ4n) is 3.85. The maximum absolute atomic E-state index is 4.58. The number of nitrogens with one attached hydrogen (secondary N) is 1. The third kappa shape index (κ3) is 9.03. The number of aryl methyl sites for hydroxylation is 1. The highest BCUT2D eigenvalue weighted by Crippen LogP contribution is 2.20. The fraction of sp³-hybridized carbons (Fsp3) is 0.680. The number of unbranched alkanes of at least 4 members (excludes halogenated alkanes) is 13. The lowest BCUT2D eigenvalue weighted by molar-refractivity contribution is 0.537. The van der Waals surface area contributed by atoms with Gasteiger partial charge < -0.3 is 5.32 Å². The van der Waals surface area contributed by atoms with Crippen LogP contribution >= 0.6 is 0 Å². The molecule has 0 aliphatic rings. The summed E-state index contributed by atoms with van der Waals surface area (Å²) in [7, 11) is 0. The molecule has 0 saturated carbocycles. The largest absolute Gasteiger partial charge is 0.369 e. The lowest BCUT2D eigenvalue weighted by Gasteiger charge is -2.09. The summed E-state index contributed by atoms with van der Waals surface area (Å²) in [6, 6.07) is 8.24. The molecular formula is C25H41N3. The van der Waals surface area contributed by atoms with Gasteiger partial charge >= 0.3 is 0 Å². The van der Waals surface area contributed by atoms with Gasteiger partial charge in [-0.25, -0.2) is 9.97 Å². The summed E-state index contributed by atoms with van der Waals surface area (Å²) >= 11 is 0. The van der Waals surface area contributed by atoms with Crippen molar-refractivity contribution < 1.29 is 0 Å². The van der Waals surface area contributed by atoms with E-state index in [1.54, 1.807) is 0 Å². The van der Waals surface area contributed by atoms with Gasteiger partial charge in [-0.15, -0.1) is 0 Å². The van der Waals surface area contributed by atoms with E-state index in [9.17, 15) is 0 Å². The summed E-state index contributed by atoms with van der Waals surface area (Å²) < 4.78 is 0. The van der Waals surface area contributed by atoms with E-state index in [-0.39, 0.29) is 0 Å². The standard InChI is InChI=1S/C25H41N3/c1-3-4-5-6-7-8-9-10-11-12-13-14-15-18-21-26-25-23-19-16-17-20-24(23)27-22(2)28-25/h16-17,19-20H,3-15,18,21H2,1-2H3,(H,26,27,28). The van der Waals surface area contributed by atoms with E-state index >= 15 is 0 Å². The van der Waals surface area contributed by atoms with E-state index in [4.69, 9.17) is 0 Å². The molecule has 0 atom stereocenters. The Morgan fingerprint density at radius 3 is 1.82 bits per heavy atom. The summed E-state index contributed by atoms with van der Waals surface area (Å²) in [6.45, 7) is 5.25. The number of anilines is 1. The van der Waals surface area contributed by atoms with E-state index in [1.165, 1.54) is 89.9 Å². The fourth-order valence-corrected chi connectivity index (χ4v) is 3.85. The van der Waals surface area contributed by atoms with Crippen molar-refractivity contribution in [1.82, 2.24) is 9.97 Å². The Hall–Kier alpha value is -1.64. The number of hydrogen-bond donors (Lipinski definition) is 1. The topological polar surface area (TPSA) is 37.8 Å². The average Bonchev–Trinajstić information content (AvgIpc) is 2.70. The van der Waals surface area contributed by atoms with Gasteiger partial charge in [0.1, 0.15) is 11.6 Å². The maximum Gasteiger partial charge on any atom is 0.137 e. The Labute approximate surface area is 172 Å². The SMILES string of the molecule is CCCCCCCCCCCCCCCCNc1nc(C)nc2ccccc12. The van der Waals surface area contributed by atoms with Gasteiger partial charge in [-0.3, -0.25) is 0 Å². The molecule has 3 nitrogen and oxygen atoms in total. The molecule has 1 N–H and O–H groups in total. The monoisotopic (exact) mass is 383 g/mol. The molecule has 0 fully saturated rings. The van der Waals surface area contributed by atoms with Crippen LogP contribution in [0.1, 0.15) is 103 Å². The van der Waals surface area contributed by atoms with Crippen LogP contribution in [-0.2, 0) is 0 Å². The first-order chi connectivity index (χ1) is 13.8. The molecule has 156 valence electrons. The zero-order valence-corrected chi connectivity index (χ0v) is 18.3. The average molecular weight is 384 g/mol. The highest BCUT2D eigenvalue weighted by molar-refractivity contribution is 5.88. The van der Waals surface area contributed by atoms with Gasteiger partial charge in [0.25, 0.3) is 0 Å². The molecule has 0 aliphatic carbocycles. The molecule has 1 aromatic heterocycles. The van der Waals surface area contributed by atoms with E-state index in [0.29, 0.717) is 0 Å². The Kier molecular flexibility index (Phi) is 11.6. The van der Waals surface area contributed by atoms with Crippen LogP contribution in [0.3, 0.4) is 0 Å². The predicted octanol–water partition coefficient (Wildman–Crippen LogP) is 7.83. The minimum absolute atomic E-state index is 0.835. The van der Waals surface area contributed by atoms with E-state index in [1.807, 2.05) is 13.0 Å². The van der Waals surface area contributed by atoms with E-state index < -0.39 is 0 Å². The van der Waals surface area contributed by atoms with Crippen LogP contribution in [0.25, 0.3) is 10.9 Å². The van der Waals surface area contributed by atoms with Crippen LogP contribution in [0.2, 0.25) is 0 Å². The molecule has 2 aromatic rings. The van der Waals surface area contributed by atoms with Crippen LogP contribution in [0.5, 0.6) is 0 Å². The lowest BCUT2D eigenvalue weighted by atomic mass is 10.0. The Morgan fingerprint density at radius 1 is 0.679 bits per heavy atom. The minimum atomic E-state index is 0.835. The molecular weight excluding hydrogens is 342 g/mol. The van der Waals surface area contributed by atoms with Crippen molar-refractivity contribution in [3.05, 3.63) is 30.1 Å². The van der Waals surface area contributed by atoms with Gasteiger partial charge in [0.2, 0.25) is 0 Å². The van der Waals surface area contributed by atoms with Gasteiger partial charge in [0.05, 0.1) is 5.52 Å². The Morgan fingerprint density at radius 2 is 1.21 bits per heavy atom. The maximum atomic E-state index is 4.58. The molecule has 0 saturated heterocycles. The summed E-state index contributed by atoms with van der Waals surface area (Å²) in [6.07, 6.45) is 19.6. The number of rotatable bonds is 16. The van der Waals surface area contributed by atoms with Gasteiger partial charge in [-0.05, 0) is 25.5 Å². The second-order valence-electron chi connectivity index (χ2n) is 8.16. The highest BCUT2D eigenvalue weighted by Gasteiger charge is 2.04. The number of hydrogen-bond acceptors (Lipinski definition) is 3. The molecule has 1 heterocycles. The summed E-state index contributed by atoms with van der Waals surface area (Å²) in [5, 5.41) is 4.64. The van der Waals surface area contributed by atoms with Crippen molar-refractivity contribution in [3.63, 3.8) is 0 Å². The number of aromatic nitrogens is 2. The summed E-state index contributed by atoms with van der Waals surface area (Å²) in [5.74, 6) is 1.82. The number of fused-ring (bicyclic) bond motifs is 1. The quantitative estimate of drug-likeness (QED) is 0.300. The molecule has 0 amide bonds. The van der Waals surface area contributed by atoms with Crippen LogP contribution in [0, 0.1) is 6.92 Å². The third-order valence-electron chi connectivity index (χ3n) is 5.54. The first-order valence-electron chi connectivity index (χ1n) is 11.8. The van der Waals surface area contributed by atoms with Crippen LogP contribution in [-0.4, -0.2) is 16.5 Å². The molecule has 0 bridgehead atoms. The molecule has 3 heteroatoms. The lowest BCUT2D eigenvalue weighted by Crippen LogP contribution is -2.05. The first-order valence-corrected chi connectivity index (χ1v) is 11.8. The van der Waals surface area contributed by atoms with Gasteiger partial charge in [-0.2, -0.15) is 0 Å². The predicted molar refractivity (Wildman–Crippen MR) is 123 cm³/mol. The van der Waals surface area contributed by atoms with Gasteiger partial charge in [0.15, 0.2) is 0 Å². The Balaban J connectivity index is 1.44. The van der Waals surface area contributed by atoms with Crippen molar-refractivity contribution >= 4 is 16.7 Å². The first kappa shape index (κ1) is 22.6. The van der Waals surface area contributed by atoms with Crippen molar-refractivity contribution in [2.75, 3.05) is 11.9 Å². The van der Waals surface area contributed by atoms with Gasteiger partial charge in [0, 0.05) is 11.9 Å². The molecule has 0 radical (unpaired) electrons. The van der Waals surface area contributed by atoms with Crippen molar-refractivity contribution in [3.8, 4) is 0 Å². The zero-order valence-electron chi connectivity index (χ0n) is 18.3. The van der Waals surface area contributed by atoms with Crippen molar-refractivity contribution in [1.29, 1.82) is 0 Å². The molecule has 2 rings (SSSR count). The van der Waals surface area contributed by atoms with Crippen molar-refractivity contribution in [2.45, 2.75) is 104 Å². The van der Waals surface area contributed by atoms with Crippen LogP contribution < -0.4 is 5.32 Å². The zero-order chi connectivity index (χ0) is 19.9. The normalized spacial score (nSPS) is 11.2. The van der Waals surface area contributed by atoms with E-state index in [0.717, 1.165) is 29.1 Å². The number of benzene rings is 1. The van der Waals surface area contributed by atoms with Gasteiger partial charge in [-0.1, -0.05) is 103 Å².